The molecule has 0 heterocycles. The van der Waals surface area contributed by atoms with Gasteiger partial charge in [-0.1, -0.05) is 59.2 Å². The number of halogens is 1. The molecule has 0 spiro atoms. The number of anilines is 2. The molecule has 2 N–H and O–H groups in total. The SMILES string of the molecule is CC(C)(C)C(=O)Nc1cccc(Cl)c1NC(=O)C(C)(C)C. The molecule has 1 aromatic carbocycles. The van der Waals surface area contributed by atoms with E-state index < -0.39 is 10.8 Å². The van der Waals surface area contributed by atoms with Gasteiger partial charge in [-0.3, -0.25) is 9.59 Å². The Balaban J connectivity index is 3.10. The van der Waals surface area contributed by atoms with Gasteiger partial charge in [0.25, 0.3) is 0 Å². The van der Waals surface area contributed by atoms with Crippen LogP contribution >= 0.6 is 11.6 Å². The molecule has 0 unspecified atom stereocenters. The molecule has 1 rings (SSSR count). The highest BCUT2D eigenvalue weighted by molar-refractivity contribution is 6.34. The van der Waals surface area contributed by atoms with Crippen molar-refractivity contribution in [3.63, 3.8) is 0 Å². The molecule has 0 aliphatic heterocycles. The second kappa shape index (κ2) is 6.06. The van der Waals surface area contributed by atoms with Crippen molar-refractivity contribution in [1.29, 1.82) is 0 Å². The summed E-state index contributed by atoms with van der Waals surface area (Å²) < 4.78 is 0. The van der Waals surface area contributed by atoms with Gasteiger partial charge in [-0.05, 0) is 12.1 Å². The summed E-state index contributed by atoms with van der Waals surface area (Å²) in [5.41, 5.74) is -0.158. The Labute approximate surface area is 131 Å². The van der Waals surface area contributed by atoms with Gasteiger partial charge in [0.2, 0.25) is 11.8 Å². The van der Waals surface area contributed by atoms with Gasteiger partial charge in [0.15, 0.2) is 0 Å². The first-order valence-electron chi connectivity index (χ1n) is 6.84. The van der Waals surface area contributed by atoms with Gasteiger partial charge >= 0.3 is 0 Å². The van der Waals surface area contributed by atoms with Crippen molar-refractivity contribution in [3.8, 4) is 0 Å². The zero-order chi connectivity index (χ0) is 16.4. The van der Waals surface area contributed by atoms with E-state index in [9.17, 15) is 9.59 Å². The van der Waals surface area contributed by atoms with E-state index in [0.29, 0.717) is 16.4 Å². The van der Waals surface area contributed by atoms with Crippen molar-refractivity contribution in [2.75, 3.05) is 10.6 Å². The third-order valence-corrected chi connectivity index (χ3v) is 3.18. The number of nitrogens with one attached hydrogen (secondary N) is 2. The average molecular weight is 311 g/mol. The van der Waals surface area contributed by atoms with Gasteiger partial charge in [0.1, 0.15) is 0 Å². The van der Waals surface area contributed by atoms with Crippen LogP contribution in [-0.2, 0) is 9.59 Å². The molecule has 0 bridgehead atoms. The minimum absolute atomic E-state index is 0.143. The highest BCUT2D eigenvalue weighted by atomic mass is 35.5. The molecule has 1 aromatic rings. The summed E-state index contributed by atoms with van der Waals surface area (Å²) in [5, 5.41) is 5.99. The summed E-state index contributed by atoms with van der Waals surface area (Å²) >= 11 is 6.16. The molecule has 4 nitrogen and oxygen atoms in total. The Kier molecular flexibility index (Phi) is 5.05. The summed E-state index contributed by atoms with van der Waals surface area (Å²) in [7, 11) is 0. The summed E-state index contributed by atoms with van der Waals surface area (Å²) in [5.74, 6) is -0.308. The van der Waals surface area contributed by atoms with E-state index in [1.807, 2.05) is 41.5 Å². The molecule has 0 fully saturated rings. The van der Waals surface area contributed by atoms with Crippen LogP contribution in [0.25, 0.3) is 0 Å². The Morgan fingerprint density at radius 3 is 1.86 bits per heavy atom. The standard InChI is InChI=1S/C16H23ClN2O2/c1-15(2,3)13(20)18-11-9-7-8-10(17)12(11)19-14(21)16(4,5)6/h7-9H,1-6H3,(H,18,20)(H,19,21). The van der Waals surface area contributed by atoms with Crippen LogP contribution in [0.3, 0.4) is 0 Å². The van der Waals surface area contributed by atoms with Gasteiger partial charge in [0.05, 0.1) is 16.4 Å². The van der Waals surface area contributed by atoms with Crippen molar-refractivity contribution in [2.24, 2.45) is 10.8 Å². The lowest BCUT2D eigenvalue weighted by molar-refractivity contribution is -0.124. The van der Waals surface area contributed by atoms with E-state index >= 15 is 0 Å². The van der Waals surface area contributed by atoms with Crippen LogP contribution in [0.1, 0.15) is 41.5 Å². The van der Waals surface area contributed by atoms with Gasteiger partial charge in [-0.15, -0.1) is 0 Å². The zero-order valence-corrected chi connectivity index (χ0v) is 14.2. The summed E-state index contributed by atoms with van der Waals surface area (Å²) in [4.78, 5) is 24.3. The quantitative estimate of drug-likeness (QED) is 0.855. The van der Waals surface area contributed by atoms with Crippen molar-refractivity contribution < 1.29 is 9.59 Å². The number of para-hydroxylation sites is 1. The number of carbonyl (C=O) groups is 2. The lowest BCUT2D eigenvalue weighted by Crippen LogP contribution is -2.30. The van der Waals surface area contributed by atoms with Crippen LogP contribution in [0, 0.1) is 10.8 Å². The second-order valence-electron chi connectivity index (χ2n) is 7.07. The van der Waals surface area contributed by atoms with Gasteiger partial charge in [-0.2, -0.15) is 0 Å². The van der Waals surface area contributed by atoms with Crippen molar-refractivity contribution in [3.05, 3.63) is 23.2 Å². The third-order valence-electron chi connectivity index (χ3n) is 2.86. The summed E-state index contributed by atoms with van der Waals surface area (Å²) in [6, 6.07) is 5.12. The van der Waals surface area contributed by atoms with Crippen molar-refractivity contribution in [2.45, 2.75) is 41.5 Å². The number of benzene rings is 1. The topological polar surface area (TPSA) is 58.2 Å². The molecule has 0 atom stereocenters. The fourth-order valence-corrected chi connectivity index (χ4v) is 1.59. The molecular weight excluding hydrogens is 288 g/mol. The first-order valence-corrected chi connectivity index (χ1v) is 7.22. The lowest BCUT2D eigenvalue weighted by Gasteiger charge is -2.22. The van der Waals surface area contributed by atoms with Gasteiger partial charge in [0, 0.05) is 10.8 Å². The van der Waals surface area contributed by atoms with E-state index in [1.165, 1.54) is 0 Å². The molecule has 0 aromatic heterocycles. The molecule has 0 radical (unpaired) electrons. The molecule has 21 heavy (non-hydrogen) atoms. The van der Waals surface area contributed by atoms with Gasteiger partial charge in [-0.25, -0.2) is 0 Å². The van der Waals surface area contributed by atoms with Gasteiger partial charge < -0.3 is 10.6 Å². The van der Waals surface area contributed by atoms with Crippen LogP contribution in [0.15, 0.2) is 18.2 Å². The fraction of sp³-hybridized carbons (Fsp3) is 0.500. The van der Waals surface area contributed by atoms with E-state index in [-0.39, 0.29) is 11.8 Å². The normalized spacial score (nSPS) is 12.0. The largest absolute Gasteiger partial charge is 0.324 e. The van der Waals surface area contributed by atoms with Crippen LogP contribution in [0.4, 0.5) is 11.4 Å². The van der Waals surface area contributed by atoms with E-state index in [4.69, 9.17) is 11.6 Å². The number of hydrogen-bond acceptors (Lipinski definition) is 2. The molecule has 0 saturated heterocycles. The third kappa shape index (κ3) is 4.74. The maximum absolute atomic E-state index is 12.1. The average Bonchev–Trinajstić information content (AvgIpc) is 2.30. The monoisotopic (exact) mass is 310 g/mol. The number of carbonyl (C=O) groups excluding carboxylic acids is 2. The summed E-state index contributed by atoms with van der Waals surface area (Å²) in [6.07, 6.45) is 0. The smallest absolute Gasteiger partial charge is 0.229 e. The second-order valence-corrected chi connectivity index (χ2v) is 7.48. The van der Waals surface area contributed by atoms with Crippen LogP contribution in [0.2, 0.25) is 5.02 Å². The maximum atomic E-state index is 12.1. The van der Waals surface area contributed by atoms with Crippen molar-refractivity contribution >= 4 is 34.8 Å². The Hall–Kier alpha value is -1.55. The highest BCUT2D eigenvalue weighted by Gasteiger charge is 2.25. The summed E-state index contributed by atoms with van der Waals surface area (Å²) in [6.45, 7) is 10.9. The molecule has 0 aliphatic rings. The first kappa shape index (κ1) is 17.5. The number of amides is 2. The number of rotatable bonds is 2. The van der Waals surface area contributed by atoms with E-state index in [2.05, 4.69) is 10.6 Å². The molecule has 116 valence electrons. The zero-order valence-electron chi connectivity index (χ0n) is 13.4. The molecule has 5 heteroatoms. The molecule has 0 aliphatic carbocycles. The fourth-order valence-electron chi connectivity index (χ4n) is 1.37. The van der Waals surface area contributed by atoms with Crippen LogP contribution in [0.5, 0.6) is 0 Å². The number of hydrogen-bond donors (Lipinski definition) is 2. The van der Waals surface area contributed by atoms with E-state index in [0.717, 1.165) is 0 Å². The highest BCUT2D eigenvalue weighted by Crippen LogP contribution is 2.32. The lowest BCUT2D eigenvalue weighted by atomic mass is 9.95. The minimum Gasteiger partial charge on any atom is -0.324 e. The predicted molar refractivity (Wildman–Crippen MR) is 87.6 cm³/mol. The maximum Gasteiger partial charge on any atom is 0.229 e. The van der Waals surface area contributed by atoms with Crippen LogP contribution < -0.4 is 10.6 Å². The Morgan fingerprint density at radius 1 is 0.905 bits per heavy atom. The first-order chi connectivity index (χ1) is 9.43. The molecule has 0 saturated carbocycles. The Bertz CT molecular complexity index is 554. The predicted octanol–water partition coefficient (Wildman–Crippen LogP) is 4.31. The Morgan fingerprint density at radius 2 is 1.38 bits per heavy atom. The van der Waals surface area contributed by atoms with Crippen LogP contribution in [-0.4, -0.2) is 11.8 Å². The molecule has 2 amide bonds. The minimum atomic E-state index is -0.551. The van der Waals surface area contributed by atoms with E-state index in [1.54, 1.807) is 18.2 Å². The van der Waals surface area contributed by atoms with Crippen molar-refractivity contribution in [1.82, 2.24) is 0 Å². The molecular formula is C16H23ClN2O2.